The molecule has 0 bridgehead atoms. The summed E-state index contributed by atoms with van der Waals surface area (Å²) >= 11 is 6.47. The van der Waals surface area contributed by atoms with Gasteiger partial charge in [-0.05, 0) is 47.5 Å². The maximum absolute atomic E-state index is 13.0. The van der Waals surface area contributed by atoms with E-state index in [0.29, 0.717) is 41.6 Å². The molecule has 0 atom stereocenters. The van der Waals surface area contributed by atoms with Crippen LogP contribution in [0.5, 0.6) is 0 Å². The van der Waals surface area contributed by atoms with Crippen LogP contribution in [-0.4, -0.2) is 46.9 Å². The average molecular weight is 486 g/mol. The summed E-state index contributed by atoms with van der Waals surface area (Å²) in [6.45, 7) is 0.660. The molecule has 12 heteroatoms. The van der Waals surface area contributed by atoms with Crippen LogP contribution in [0.25, 0.3) is 11.4 Å². The fourth-order valence-electron chi connectivity index (χ4n) is 4.08. The van der Waals surface area contributed by atoms with Crippen molar-refractivity contribution in [2.75, 3.05) is 16.8 Å². The second kappa shape index (κ2) is 8.23. The van der Waals surface area contributed by atoms with Crippen molar-refractivity contribution in [3.05, 3.63) is 47.0 Å². The van der Waals surface area contributed by atoms with Crippen LogP contribution in [0.3, 0.4) is 0 Å². The molecule has 170 valence electrons. The second-order valence-electron chi connectivity index (χ2n) is 7.91. The van der Waals surface area contributed by atoms with Crippen LogP contribution in [0.2, 0.25) is 5.02 Å². The van der Waals surface area contributed by atoms with Gasteiger partial charge in [-0.25, -0.2) is 4.68 Å². The van der Waals surface area contributed by atoms with E-state index in [1.165, 1.54) is 10.7 Å². The normalized spacial score (nSPS) is 16.9. The van der Waals surface area contributed by atoms with Gasteiger partial charge in [0, 0.05) is 31.3 Å². The van der Waals surface area contributed by atoms with Crippen molar-refractivity contribution in [2.45, 2.75) is 30.6 Å². The molecule has 3 heterocycles. The van der Waals surface area contributed by atoms with Gasteiger partial charge in [0.2, 0.25) is 0 Å². The number of hydrogen-bond donors (Lipinski definition) is 1. The number of carbonyl (C=O) groups is 1. The molecule has 0 aliphatic carbocycles. The van der Waals surface area contributed by atoms with E-state index < -0.39 is 15.9 Å². The lowest BCUT2D eigenvalue weighted by atomic mass is 10.1. The molecular weight excluding hydrogens is 466 g/mol. The molecule has 0 radical (unpaired) electrons. The Kier molecular flexibility index (Phi) is 5.37. The quantitative estimate of drug-likeness (QED) is 0.604. The third-order valence-corrected chi connectivity index (χ3v) is 7.33. The summed E-state index contributed by atoms with van der Waals surface area (Å²) in [7, 11) is -2.22. The lowest BCUT2D eigenvalue weighted by Crippen LogP contribution is -2.35. The number of tetrazole rings is 1. The van der Waals surface area contributed by atoms with Gasteiger partial charge < -0.3 is 10.2 Å². The lowest BCUT2D eigenvalue weighted by molar-refractivity contribution is 0.102. The Morgan fingerprint density at radius 3 is 2.79 bits per heavy atom. The first-order valence-electron chi connectivity index (χ1n) is 10.4. The lowest BCUT2D eigenvalue weighted by Gasteiger charge is -2.30. The number of halogens is 1. The highest BCUT2D eigenvalue weighted by molar-refractivity contribution is 7.90. The molecule has 2 aliphatic rings. The van der Waals surface area contributed by atoms with Gasteiger partial charge in [-0.2, -0.15) is 8.42 Å². The van der Waals surface area contributed by atoms with E-state index >= 15 is 0 Å². The summed E-state index contributed by atoms with van der Waals surface area (Å²) in [5, 5.41) is 14.3. The second-order valence-corrected chi connectivity index (χ2v) is 9.89. The molecule has 3 aromatic rings. The number of aromatic nitrogens is 4. The predicted octanol–water partition coefficient (Wildman–Crippen LogP) is 3.26. The summed E-state index contributed by atoms with van der Waals surface area (Å²) in [6, 6.07) is 9.86. The van der Waals surface area contributed by atoms with Crippen LogP contribution >= 0.6 is 11.6 Å². The molecule has 1 fully saturated rings. The van der Waals surface area contributed by atoms with E-state index in [4.69, 9.17) is 11.6 Å². The minimum atomic E-state index is -3.93. The van der Waals surface area contributed by atoms with Crippen LogP contribution in [0.15, 0.2) is 45.7 Å². The number of sulfonamides is 1. The standard InChI is InChI=1S/C21H20ClN7O3S/c1-28-20(24-26-27-28)13-6-5-7-14(10-13)23-21(30)15-11-18-17(12-16(15)22)29-9-4-2-3-8-19(29)25-33(18,31)32/h5-7,10-12H,2-4,8-9H2,1H3,(H,23,30). The maximum Gasteiger partial charge on any atom is 0.286 e. The number of carbonyl (C=O) groups excluding carboxylic acids is 1. The van der Waals surface area contributed by atoms with Gasteiger partial charge in [0.1, 0.15) is 10.7 Å². The zero-order chi connectivity index (χ0) is 23.2. The third-order valence-electron chi connectivity index (χ3n) is 5.68. The highest BCUT2D eigenvalue weighted by Crippen LogP contribution is 2.38. The molecular formula is C21H20ClN7O3S. The van der Waals surface area contributed by atoms with Crippen LogP contribution < -0.4 is 10.2 Å². The third kappa shape index (κ3) is 3.98. The van der Waals surface area contributed by atoms with Crippen molar-refractivity contribution in [3.8, 4) is 11.4 Å². The van der Waals surface area contributed by atoms with E-state index in [1.54, 1.807) is 31.3 Å². The van der Waals surface area contributed by atoms with E-state index in [0.717, 1.165) is 19.3 Å². The first kappa shape index (κ1) is 21.5. The Morgan fingerprint density at radius 1 is 1.15 bits per heavy atom. The molecule has 2 aliphatic heterocycles. The monoisotopic (exact) mass is 485 g/mol. The van der Waals surface area contributed by atoms with Gasteiger partial charge in [-0.3, -0.25) is 4.79 Å². The van der Waals surface area contributed by atoms with E-state index in [2.05, 4.69) is 25.2 Å². The summed E-state index contributed by atoms with van der Waals surface area (Å²) in [5.74, 6) is 0.537. The molecule has 0 spiro atoms. The molecule has 1 aromatic heterocycles. The molecule has 1 N–H and O–H groups in total. The first-order valence-corrected chi connectivity index (χ1v) is 12.2. The maximum atomic E-state index is 13.0. The Bertz CT molecular complexity index is 1400. The SMILES string of the molecule is Cn1nnnc1-c1cccc(NC(=O)c2cc3c(cc2Cl)N2CCCCCC2=NS3(=O)=O)c1. The van der Waals surface area contributed by atoms with Gasteiger partial charge in [0.25, 0.3) is 15.9 Å². The van der Waals surface area contributed by atoms with Gasteiger partial charge in [-0.15, -0.1) is 9.50 Å². The molecule has 5 rings (SSSR count). The molecule has 10 nitrogen and oxygen atoms in total. The number of benzene rings is 2. The number of amides is 1. The van der Waals surface area contributed by atoms with Gasteiger partial charge in [0.05, 0.1) is 16.3 Å². The van der Waals surface area contributed by atoms with Crippen molar-refractivity contribution in [1.82, 2.24) is 20.2 Å². The average Bonchev–Trinajstić information content (AvgIpc) is 3.07. The summed E-state index contributed by atoms with van der Waals surface area (Å²) in [5.41, 5.74) is 1.73. The molecule has 0 saturated carbocycles. The number of amidine groups is 1. The molecule has 33 heavy (non-hydrogen) atoms. The Labute approximate surface area is 195 Å². The van der Waals surface area contributed by atoms with Crippen LogP contribution in [0.1, 0.15) is 36.0 Å². The highest BCUT2D eigenvalue weighted by atomic mass is 35.5. The van der Waals surface area contributed by atoms with Crippen molar-refractivity contribution in [1.29, 1.82) is 0 Å². The van der Waals surface area contributed by atoms with Crippen molar-refractivity contribution < 1.29 is 13.2 Å². The van der Waals surface area contributed by atoms with E-state index in [-0.39, 0.29) is 15.5 Å². The number of aryl methyl sites for hydroxylation is 1. The smallest absolute Gasteiger partial charge is 0.286 e. The van der Waals surface area contributed by atoms with Gasteiger partial charge >= 0.3 is 0 Å². The molecule has 1 saturated heterocycles. The molecule has 2 aromatic carbocycles. The number of rotatable bonds is 3. The van der Waals surface area contributed by atoms with Crippen molar-refractivity contribution >= 4 is 44.7 Å². The summed E-state index contributed by atoms with van der Waals surface area (Å²) in [6.07, 6.45) is 3.41. The fourth-order valence-corrected chi connectivity index (χ4v) is 5.59. The number of fused-ring (bicyclic) bond motifs is 3. The van der Waals surface area contributed by atoms with Crippen LogP contribution in [0.4, 0.5) is 11.4 Å². The summed E-state index contributed by atoms with van der Waals surface area (Å²) < 4.78 is 31.3. The minimum absolute atomic E-state index is 0.0124. The topological polar surface area (TPSA) is 122 Å². The highest BCUT2D eigenvalue weighted by Gasteiger charge is 2.33. The summed E-state index contributed by atoms with van der Waals surface area (Å²) in [4.78, 5) is 14.9. The van der Waals surface area contributed by atoms with E-state index in [9.17, 15) is 13.2 Å². The number of anilines is 2. The zero-order valence-electron chi connectivity index (χ0n) is 17.7. The van der Waals surface area contributed by atoms with Crippen molar-refractivity contribution in [2.24, 2.45) is 11.4 Å². The Hall–Kier alpha value is -3.31. The van der Waals surface area contributed by atoms with Crippen LogP contribution in [-0.2, 0) is 17.1 Å². The zero-order valence-corrected chi connectivity index (χ0v) is 19.3. The number of nitrogens with one attached hydrogen (secondary N) is 1. The van der Waals surface area contributed by atoms with Crippen molar-refractivity contribution in [3.63, 3.8) is 0 Å². The van der Waals surface area contributed by atoms with Crippen LogP contribution in [0, 0.1) is 0 Å². The van der Waals surface area contributed by atoms with Gasteiger partial charge in [0.15, 0.2) is 5.82 Å². The van der Waals surface area contributed by atoms with Gasteiger partial charge in [-0.1, -0.05) is 30.2 Å². The number of hydrogen-bond acceptors (Lipinski definition) is 7. The fraction of sp³-hybridized carbons (Fsp3) is 0.286. The predicted molar refractivity (Wildman–Crippen MR) is 124 cm³/mol. The number of nitrogens with zero attached hydrogens (tertiary/aromatic N) is 6. The largest absolute Gasteiger partial charge is 0.328 e. The minimum Gasteiger partial charge on any atom is -0.328 e. The first-order chi connectivity index (χ1) is 15.8. The molecule has 1 amide bonds. The van der Waals surface area contributed by atoms with E-state index in [1.807, 2.05) is 11.0 Å². The Morgan fingerprint density at radius 2 is 2.00 bits per heavy atom. The molecule has 0 unspecified atom stereocenters. The Balaban J connectivity index is 1.48.